The SMILES string of the molecule is COc1ccc(CN2CC(C(=O)N3CCC(C)CC3CN)CC2=O)cc1.Cl. The van der Waals surface area contributed by atoms with Crippen LogP contribution in [0.4, 0.5) is 0 Å². The molecule has 7 heteroatoms. The Labute approximate surface area is 167 Å². The third-order valence-corrected chi connectivity index (χ3v) is 5.63. The molecule has 0 radical (unpaired) electrons. The van der Waals surface area contributed by atoms with E-state index < -0.39 is 0 Å². The summed E-state index contributed by atoms with van der Waals surface area (Å²) < 4.78 is 5.16. The van der Waals surface area contributed by atoms with Gasteiger partial charge in [0, 0.05) is 38.6 Å². The predicted molar refractivity (Wildman–Crippen MR) is 107 cm³/mol. The van der Waals surface area contributed by atoms with E-state index in [4.69, 9.17) is 10.5 Å². The van der Waals surface area contributed by atoms with Crippen molar-refractivity contribution in [3.8, 4) is 5.75 Å². The minimum absolute atomic E-state index is 0. The Morgan fingerprint density at radius 3 is 2.63 bits per heavy atom. The number of hydrogen-bond donors (Lipinski definition) is 1. The van der Waals surface area contributed by atoms with Gasteiger partial charge in [-0.15, -0.1) is 12.4 Å². The van der Waals surface area contributed by atoms with Gasteiger partial charge < -0.3 is 20.3 Å². The Kier molecular flexibility index (Phi) is 7.50. The zero-order valence-corrected chi connectivity index (χ0v) is 16.9. The molecule has 150 valence electrons. The number of benzene rings is 1. The second-order valence-electron chi connectivity index (χ2n) is 7.57. The van der Waals surface area contributed by atoms with E-state index in [2.05, 4.69) is 6.92 Å². The normalized spacial score (nSPS) is 25.3. The first-order valence-corrected chi connectivity index (χ1v) is 9.43. The molecule has 2 aliphatic heterocycles. The molecule has 2 heterocycles. The largest absolute Gasteiger partial charge is 0.497 e. The van der Waals surface area contributed by atoms with Gasteiger partial charge in [-0.05, 0) is 36.5 Å². The summed E-state index contributed by atoms with van der Waals surface area (Å²) in [5.41, 5.74) is 6.93. The lowest BCUT2D eigenvalue weighted by molar-refractivity contribution is -0.139. The van der Waals surface area contributed by atoms with Gasteiger partial charge in [-0.2, -0.15) is 0 Å². The summed E-state index contributed by atoms with van der Waals surface area (Å²) in [5, 5.41) is 0. The minimum Gasteiger partial charge on any atom is -0.497 e. The highest BCUT2D eigenvalue weighted by Gasteiger charge is 2.39. The topological polar surface area (TPSA) is 75.9 Å². The molecule has 0 aromatic heterocycles. The summed E-state index contributed by atoms with van der Waals surface area (Å²) in [6.45, 7) is 4.48. The van der Waals surface area contributed by atoms with Crippen LogP contribution in [0.15, 0.2) is 24.3 Å². The first kappa shape index (κ1) is 21.5. The average Bonchev–Trinajstić information content (AvgIpc) is 3.02. The first-order valence-electron chi connectivity index (χ1n) is 9.43. The lowest BCUT2D eigenvalue weighted by Gasteiger charge is -2.39. The van der Waals surface area contributed by atoms with Crippen molar-refractivity contribution >= 4 is 24.2 Å². The fourth-order valence-electron chi connectivity index (χ4n) is 4.04. The number of halogens is 1. The number of rotatable bonds is 5. The van der Waals surface area contributed by atoms with Crippen molar-refractivity contribution in [1.82, 2.24) is 9.80 Å². The van der Waals surface area contributed by atoms with Crippen molar-refractivity contribution in [2.75, 3.05) is 26.7 Å². The molecule has 0 bridgehead atoms. The van der Waals surface area contributed by atoms with E-state index in [-0.39, 0.29) is 36.2 Å². The second kappa shape index (κ2) is 9.42. The fraction of sp³-hybridized carbons (Fsp3) is 0.600. The summed E-state index contributed by atoms with van der Waals surface area (Å²) in [4.78, 5) is 29.1. The number of carbonyl (C=O) groups is 2. The molecule has 0 aliphatic carbocycles. The van der Waals surface area contributed by atoms with E-state index in [9.17, 15) is 9.59 Å². The van der Waals surface area contributed by atoms with Crippen molar-refractivity contribution in [2.45, 2.75) is 38.8 Å². The smallest absolute Gasteiger partial charge is 0.228 e. The van der Waals surface area contributed by atoms with Gasteiger partial charge >= 0.3 is 0 Å². The highest BCUT2D eigenvalue weighted by Crippen LogP contribution is 2.28. The molecule has 27 heavy (non-hydrogen) atoms. The van der Waals surface area contributed by atoms with Gasteiger partial charge in [0.15, 0.2) is 0 Å². The van der Waals surface area contributed by atoms with Crippen molar-refractivity contribution < 1.29 is 14.3 Å². The molecule has 3 rings (SSSR count). The molecule has 1 aromatic carbocycles. The number of likely N-dealkylation sites (tertiary alicyclic amines) is 2. The van der Waals surface area contributed by atoms with Gasteiger partial charge in [-0.25, -0.2) is 0 Å². The molecule has 3 unspecified atom stereocenters. The van der Waals surface area contributed by atoms with E-state index >= 15 is 0 Å². The highest BCUT2D eigenvalue weighted by molar-refractivity contribution is 5.89. The number of amides is 2. The number of ether oxygens (including phenoxy) is 1. The molecule has 2 amide bonds. The van der Waals surface area contributed by atoms with Crippen LogP contribution in [0, 0.1) is 11.8 Å². The van der Waals surface area contributed by atoms with E-state index in [0.29, 0.717) is 32.0 Å². The maximum Gasteiger partial charge on any atom is 0.228 e. The van der Waals surface area contributed by atoms with Crippen LogP contribution >= 0.6 is 12.4 Å². The average molecular weight is 396 g/mol. The van der Waals surface area contributed by atoms with Gasteiger partial charge in [-0.3, -0.25) is 9.59 Å². The lowest BCUT2D eigenvalue weighted by Crippen LogP contribution is -2.51. The monoisotopic (exact) mass is 395 g/mol. The van der Waals surface area contributed by atoms with E-state index in [1.165, 1.54) is 0 Å². The standard InChI is InChI=1S/C20H29N3O3.ClH/c1-14-7-8-23(17(9-14)11-21)20(25)16-10-19(24)22(13-16)12-15-3-5-18(26-2)6-4-15;/h3-6,14,16-17H,7-13,21H2,1-2H3;1H. The molecule has 0 saturated carbocycles. The molecule has 1 aromatic rings. The summed E-state index contributed by atoms with van der Waals surface area (Å²) in [6, 6.07) is 7.80. The van der Waals surface area contributed by atoms with Crippen molar-refractivity contribution in [2.24, 2.45) is 17.6 Å². The Morgan fingerprint density at radius 1 is 1.30 bits per heavy atom. The van der Waals surface area contributed by atoms with Gasteiger partial charge in [0.05, 0.1) is 13.0 Å². The van der Waals surface area contributed by atoms with Gasteiger partial charge in [0.1, 0.15) is 5.75 Å². The molecule has 2 N–H and O–H groups in total. The van der Waals surface area contributed by atoms with Gasteiger partial charge in [0.2, 0.25) is 11.8 Å². The molecular formula is C20H30ClN3O3. The Bertz CT molecular complexity index is 652. The Hall–Kier alpha value is -1.79. The molecular weight excluding hydrogens is 366 g/mol. The predicted octanol–water partition coefficient (Wildman–Crippen LogP) is 2.05. The molecule has 2 saturated heterocycles. The first-order chi connectivity index (χ1) is 12.5. The molecule has 3 atom stereocenters. The lowest BCUT2D eigenvalue weighted by atomic mass is 9.91. The zero-order valence-electron chi connectivity index (χ0n) is 16.1. The van der Waals surface area contributed by atoms with Crippen LogP contribution in [0.2, 0.25) is 0 Å². The fourth-order valence-corrected chi connectivity index (χ4v) is 4.04. The summed E-state index contributed by atoms with van der Waals surface area (Å²) in [5.74, 6) is 1.29. The van der Waals surface area contributed by atoms with E-state index in [1.807, 2.05) is 29.2 Å². The van der Waals surface area contributed by atoms with E-state index in [0.717, 1.165) is 30.7 Å². The van der Waals surface area contributed by atoms with Crippen molar-refractivity contribution in [1.29, 1.82) is 0 Å². The summed E-state index contributed by atoms with van der Waals surface area (Å²) >= 11 is 0. The van der Waals surface area contributed by atoms with Crippen LogP contribution in [-0.2, 0) is 16.1 Å². The molecule has 2 aliphatic rings. The Morgan fingerprint density at radius 2 is 2.00 bits per heavy atom. The Balaban J connectivity index is 0.00000261. The number of carbonyl (C=O) groups excluding carboxylic acids is 2. The van der Waals surface area contributed by atoms with E-state index in [1.54, 1.807) is 12.0 Å². The van der Waals surface area contributed by atoms with Crippen molar-refractivity contribution in [3.05, 3.63) is 29.8 Å². The maximum absolute atomic E-state index is 13.0. The number of hydrogen-bond acceptors (Lipinski definition) is 4. The van der Waals surface area contributed by atoms with Crippen LogP contribution < -0.4 is 10.5 Å². The number of nitrogens with zero attached hydrogens (tertiary/aromatic N) is 2. The van der Waals surface area contributed by atoms with Gasteiger partial charge in [-0.1, -0.05) is 19.1 Å². The zero-order chi connectivity index (χ0) is 18.7. The van der Waals surface area contributed by atoms with Crippen LogP contribution in [0.1, 0.15) is 31.7 Å². The third kappa shape index (κ3) is 4.93. The highest BCUT2D eigenvalue weighted by atomic mass is 35.5. The van der Waals surface area contributed by atoms with Crippen LogP contribution in [-0.4, -0.2) is 54.4 Å². The maximum atomic E-state index is 13.0. The second-order valence-corrected chi connectivity index (χ2v) is 7.57. The molecule has 2 fully saturated rings. The quantitative estimate of drug-likeness (QED) is 0.827. The molecule has 6 nitrogen and oxygen atoms in total. The summed E-state index contributed by atoms with van der Waals surface area (Å²) in [7, 11) is 1.63. The summed E-state index contributed by atoms with van der Waals surface area (Å²) in [6.07, 6.45) is 2.27. The minimum atomic E-state index is -0.247. The van der Waals surface area contributed by atoms with Crippen LogP contribution in [0.3, 0.4) is 0 Å². The molecule has 0 spiro atoms. The number of piperidine rings is 1. The third-order valence-electron chi connectivity index (χ3n) is 5.63. The van der Waals surface area contributed by atoms with Crippen LogP contribution in [0.25, 0.3) is 0 Å². The van der Waals surface area contributed by atoms with Gasteiger partial charge in [0.25, 0.3) is 0 Å². The number of methoxy groups -OCH3 is 1. The van der Waals surface area contributed by atoms with Crippen LogP contribution in [0.5, 0.6) is 5.75 Å². The number of nitrogens with two attached hydrogens (primary N) is 1. The van der Waals surface area contributed by atoms with Crippen molar-refractivity contribution in [3.63, 3.8) is 0 Å².